The molecule has 0 radical (unpaired) electrons. The minimum Gasteiger partial charge on any atom is -0.366 e. The van der Waals surface area contributed by atoms with Crippen LogP contribution in [0.25, 0.3) is 5.57 Å². The first kappa shape index (κ1) is 19.9. The highest BCUT2D eigenvalue weighted by atomic mass is 16.2. The van der Waals surface area contributed by atoms with E-state index in [4.69, 9.17) is 0 Å². The van der Waals surface area contributed by atoms with Gasteiger partial charge in [0.15, 0.2) is 0 Å². The molecule has 2 aromatic carbocycles. The Labute approximate surface area is 176 Å². The predicted octanol–water partition coefficient (Wildman–Crippen LogP) is 3.66. The average Bonchev–Trinajstić information content (AvgIpc) is 2.99. The molecule has 1 saturated heterocycles. The van der Waals surface area contributed by atoms with E-state index in [-0.39, 0.29) is 17.7 Å². The molecule has 6 nitrogen and oxygen atoms in total. The molecule has 30 heavy (non-hydrogen) atoms. The molecule has 1 atom stereocenters. The van der Waals surface area contributed by atoms with Crippen LogP contribution in [0.4, 0.5) is 11.4 Å². The molecular formula is C24H25N3O3. The van der Waals surface area contributed by atoms with Crippen LogP contribution in [0.3, 0.4) is 0 Å². The second-order valence-electron chi connectivity index (χ2n) is 7.96. The Balaban J connectivity index is 1.73. The summed E-state index contributed by atoms with van der Waals surface area (Å²) in [6, 6.07) is 16.2. The van der Waals surface area contributed by atoms with Gasteiger partial charge in [-0.05, 0) is 48.6 Å². The van der Waals surface area contributed by atoms with Gasteiger partial charge in [0, 0.05) is 25.7 Å². The molecule has 2 heterocycles. The summed E-state index contributed by atoms with van der Waals surface area (Å²) in [5.74, 6) is -0.310. The third-order valence-corrected chi connectivity index (χ3v) is 5.54. The number of imide groups is 1. The number of nitrogens with zero attached hydrogens (tertiary/aromatic N) is 2. The van der Waals surface area contributed by atoms with Crippen molar-refractivity contribution in [3.63, 3.8) is 0 Å². The SMILES string of the molecule is CC(=O)Nc1ccc(N2C(=O)C(c3ccccc3)=C(N3CCCC(C)C3)C2=O)cc1. The lowest BCUT2D eigenvalue weighted by Gasteiger charge is -2.33. The van der Waals surface area contributed by atoms with E-state index in [1.54, 1.807) is 24.3 Å². The second-order valence-corrected chi connectivity index (χ2v) is 7.96. The van der Waals surface area contributed by atoms with E-state index in [1.165, 1.54) is 11.8 Å². The highest BCUT2D eigenvalue weighted by Gasteiger charge is 2.43. The number of carbonyl (C=O) groups excluding carboxylic acids is 3. The fourth-order valence-corrected chi connectivity index (χ4v) is 4.20. The van der Waals surface area contributed by atoms with Gasteiger partial charge in [0.1, 0.15) is 5.70 Å². The van der Waals surface area contributed by atoms with Gasteiger partial charge < -0.3 is 10.2 Å². The molecule has 2 aliphatic heterocycles. The molecule has 0 saturated carbocycles. The summed E-state index contributed by atoms with van der Waals surface area (Å²) >= 11 is 0. The number of benzene rings is 2. The molecule has 0 spiro atoms. The first-order valence-corrected chi connectivity index (χ1v) is 10.3. The maximum absolute atomic E-state index is 13.5. The molecule has 0 bridgehead atoms. The van der Waals surface area contributed by atoms with Crippen molar-refractivity contribution < 1.29 is 14.4 Å². The maximum Gasteiger partial charge on any atom is 0.282 e. The van der Waals surface area contributed by atoms with E-state index in [1.807, 2.05) is 30.3 Å². The largest absolute Gasteiger partial charge is 0.366 e. The van der Waals surface area contributed by atoms with Crippen molar-refractivity contribution in [2.24, 2.45) is 5.92 Å². The topological polar surface area (TPSA) is 69.7 Å². The Morgan fingerprint density at radius 1 is 1.00 bits per heavy atom. The van der Waals surface area contributed by atoms with Crippen molar-refractivity contribution in [2.75, 3.05) is 23.3 Å². The van der Waals surface area contributed by atoms with Crippen LogP contribution in [0.15, 0.2) is 60.3 Å². The average molecular weight is 403 g/mol. The summed E-state index contributed by atoms with van der Waals surface area (Å²) in [7, 11) is 0. The molecule has 4 rings (SSSR count). The van der Waals surface area contributed by atoms with Gasteiger partial charge in [0.2, 0.25) is 5.91 Å². The van der Waals surface area contributed by atoms with Crippen LogP contribution in [0.5, 0.6) is 0 Å². The van der Waals surface area contributed by atoms with Crippen molar-refractivity contribution >= 4 is 34.7 Å². The van der Waals surface area contributed by atoms with Gasteiger partial charge in [0.25, 0.3) is 11.8 Å². The van der Waals surface area contributed by atoms with Gasteiger partial charge in [-0.15, -0.1) is 0 Å². The summed E-state index contributed by atoms with van der Waals surface area (Å²) < 4.78 is 0. The molecule has 154 valence electrons. The smallest absolute Gasteiger partial charge is 0.282 e. The Hall–Kier alpha value is -3.41. The van der Waals surface area contributed by atoms with Gasteiger partial charge in [-0.1, -0.05) is 37.3 Å². The number of hydrogen-bond donors (Lipinski definition) is 1. The molecule has 0 aliphatic carbocycles. The monoisotopic (exact) mass is 403 g/mol. The standard InChI is InChI=1S/C24H25N3O3/c1-16-7-6-14-26(15-16)22-21(18-8-4-3-5-9-18)23(29)27(24(22)30)20-12-10-19(11-13-20)25-17(2)28/h3-5,8-13,16H,6-7,14-15H2,1-2H3,(H,25,28). The van der Waals surface area contributed by atoms with E-state index in [0.717, 1.165) is 31.5 Å². The fourth-order valence-electron chi connectivity index (χ4n) is 4.20. The van der Waals surface area contributed by atoms with Crippen LogP contribution in [0.2, 0.25) is 0 Å². The number of amides is 3. The number of rotatable bonds is 4. The summed E-state index contributed by atoms with van der Waals surface area (Å²) in [4.78, 5) is 41.5. The molecule has 6 heteroatoms. The molecule has 3 amide bonds. The Morgan fingerprint density at radius 3 is 2.33 bits per heavy atom. The maximum atomic E-state index is 13.5. The summed E-state index contributed by atoms with van der Waals surface area (Å²) in [5, 5.41) is 2.70. The number of hydrogen-bond acceptors (Lipinski definition) is 4. The molecule has 1 unspecified atom stereocenters. The van der Waals surface area contributed by atoms with Crippen molar-refractivity contribution in [1.29, 1.82) is 0 Å². The lowest BCUT2D eigenvalue weighted by Crippen LogP contribution is -2.39. The normalized spacial score (nSPS) is 19.5. The molecule has 1 fully saturated rings. The number of likely N-dealkylation sites (tertiary alicyclic amines) is 1. The van der Waals surface area contributed by atoms with Gasteiger partial charge in [-0.25, -0.2) is 4.90 Å². The molecule has 2 aliphatic rings. The zero-order valence-electron chi connectivity index (χ0n) is 17.2. The lowest BCUT2D eigenvalue weighted by atomic mass is 9.98. The van der Waals surface area contributed by atoms with Crippen LogP contribution in [-0.2, 0) is 14.4 Å². The first-order chi connectivity index (χ1) is 14.5. The molecule has 2 aromatic rings. The van der Waals surface area contributed by atoms with Crippen molar-refractivity contribution in [1.82, 2.24) is 4.90 Å². The van der Waals surface area contributed by atoms with E-state index in [9.17, 15) is 14.4 Å². The van der Waals surface area contributed by atoms with Crippen LogP contribution in [-0.4, -0.2) is 35.7 Å². The zero-order chi connectivity index (χ0) is 21.3. The summed E-state index contributed by atoms with van der Waals surface area (Å²) in [6.45, 7) is 5.14. The zero-order valence-corrected chi connectivity index (χ0v) is 17.2. The second kappa shape index (κ2) is 8.14. The summed E-state index contributed by atoms with van der Waals surface area (Å²) in [6.07, 6.45) is 2.13. The lowest BCUT2D eigenvalue weighted by molar-refractivity contribution is -0.121. The fraction of sp³-hybridized carbons (Fsp3) is 0.292. The van der Waals surface area contributed by atoms with Crippen LogP contribution >= 0.6 is 0 Å². The number of nitrogens with one attached hydrogen (secondary N) is 1. The minimum atomic E-state index is -0.313. The Morgan fingerprint density at radius 2 is 1.70 bits per heavy atom. The predicted molar refractivity (Wildman–Crippen MR) is 117 cm³/mol. The third kappa shape index (κ3) is 3.73. The highest BCUT2D eigenvalue weighted by molar-refractivity contribution is 6.45. The number of anilines is 2. The van der Waals surface area contributed by atoms with Crippen LogP contribution < -0.4 is 10.2 Å². The Bertz CT molecular complexity index is 1010. The van der Waals surface area contributed by atoms with Crippen LogP contribution in [0.1, 0.15) is 32.3 Å². The first-order valence-electron chi connectivity index (χ1n) is 10.3. The Kier molecular flexibility index (Phi) is 5.40. The molecule has 0 aromatic heterocycles. The van der Waals surface area contributed by atoms with Crippen molar-refractivity contribution in [3.05, 3.63) is 65.9 Å². The third-order valence-electron chi connectivity index (χ3n) is 5.54. The van der Waals surface area contributed by atoms with Gasteiger partial charge in [-0.2, -0.15) is 0 Å². The van der Waals surface area contributed by atoms with Gasteiger partial charge in [0.05, 0.1) is 11.3 Å². The molecular weight excluding hydrogens is 378 g/mol. The minimum absolute atomic E-state index is 0.175. The number of piperidine rings is 1. The highest BCUT2D eigenvalue weighted by Crippen LogP contribution is 2.36. The van der Waals surface area contributed by atoms with E-state index >= 15 is 0 Å². The van der Waals surface area contributed by atoms with Crippen molar-refractivity contribution in [3.8, 4) is 0 Å². The van der Waals surface area contributed by atoms with E-state index < -0.39 is 0 Å². The summed E-state index contributed by atoms with van der Waals surface area (Å²) in [5.41, 5.74) is 2.81. The van der Waals surface area contributed by atoms with Crippen LogP contribution in [0, 0.1) is 5.92 Å². The van der Waals surface area contributed by atoms with Gasteiger partial charge in [-0.3, -0.25) is 14.4 Å². The van der Waals surface area contributed by atoms with E-state index in [2.05, 4.69) is 17.1 Å². The van der Waals surface area contributed by atoms with E-state index in [0.29, 0.717) is 28.6 Å². The van der Waals surface area contributed by atoms with Gasteiger partial charge >= 0.3 is 0 Å². The van der Waals surface area contributed by atoms with Crippen molar-refractivity contribution in [2.45, 2.75) is 26.7 Å². The quantitative estimate of drug-likeness (QED) is 0.791. The number of carbonyl (C=O) groups is 3. The molecule has 1 N–H and O–H groups in total.